The van der Waals surface area contributed by atoms with Crippen LogP contribution in [0.3, 0.4) is 0 Å². The van der Waals surface area contributed by atoms with Gasteiger partial charge in [-0.25, -0.2) is 4.39 Å². The van der Waals surface area contributed by atoms with Crippen molar-refractivity contribution in [1.29, 1.82) is 0 Å². The molecule has 5 heteroatoms. The van der Waals surface area contributed by atoms with Crippen LogP contribution >= 0.6 is 12.6 Å². The zero-order chi connectivity index (χ0) is 14.8. The fourth-order valence-corrected chi connectivity index (χ4v) is 2.37. The number of nitrogens with zero attached hydrogens (tertiary/aromatic N) is 1. The molecule has 0 aliphatic heterocycles. The minimum atomic E-state index is -1.11. The van der Waals surface area contributed by atoms with E-state index in [4.69, 9.17) is 4.42 Å². The van der Waals surface area contributed by atoms with Gasteiger partial charge in [0.1, 0.15) is 11.9 Å². The quantitative estimate of drug-likeness (QED) is 0.722. The van der Waals surface area contributed by atoms with Crippen LogP contribution in [0.25, 0.3) is 11.3 Å². The Labute approximate surface area is 126 Å². The third-order valence-corrected chi connectivity index (χ3v) is 3.48. The van der Waals surface area contributed by atoms with Crippen LogP contribution in [0.2, 0.25) is 0 Å². The van der Waals surface area contributed by atoms with Gasteiger partial charge in [-0.2, -0.15) is 0 Å². The summed E-state index contributed by atoms with van der Waals surface area (Å²) in [6.45, 7) is 0. The van der Waals surface area contributed by atoms with E-state index in [9.17, 15) is 9.50 Å². The van der Waals surface area contributed by atoms with Crippen LogP contribution in [-0.2, 0) is 0 Å². The summed E-state index contributed by atoms with van der Waals surface area (Å²) in [4.78, 5) is 4.76. The molecule has 0 radical (unpaired) electrons. The Bertz CT molecular complexity index is 759. The number of benzene rings is 1. The predicted octanol–water partition coefficient (Wildman–Crippen LogP) is 3.85. The van der Waals surface area contributed by atoms with Crippen LogP contribution in [0.1, 0.15) is 17.2 Å². The van der Waals surface area contributed by atoms with Crippen molar-refractivity contribution < 1.29 is 13.9 Å². The van der Waals surface area contributed by atoms with Crippen LogP contribution in [0.5, 0.6) is 0 Å². The molecule has 21 heavy (non-hydrogen) atoms. The molecule has 3 rings (SSSR count). The SMILES string of the molecule is OC(c1ccc(S)cc1F)c1cccnc1-c1ccoc1. The number of rotatable bonds is 3. The van der Waals surface area contributed by atoms with Gasteiger partial charge in [-0.15, -0.1) is 12.6 Å². The van der Waals surface area contributed by atoms with Crippen molar-refractivity contribution >= 4 is 12.6 Å². The number of aliphatic hydroxyl groups is 1. The molecule has 0 fully saturated rings. The molecule has 106 valence electrons. The largest absolute Gasteiger partial charge is 0.472 e. The molecule has 2 aromatic heterocycles. The van der Waals surface area contributed by atoms with Gasteiger partial charge in [-0.1, -0.05) is 12.1 Å². The van der Waals surface area contributed by atoms with E-state index in [1.54, 1.807) is 30.5 Å². The Morgan fingerprint density at radius 1 is 1.19 bits per heavy atom. The van der Waals surface area contributed by atoms with Crippen molar-refractivity contribution in [2.24, 2.45) is 0 Å². The van der Waals surface area contributed by atoms with Crippen LogP contribution in [-0.4, -0.2) is 10.1 Å². The van der Waals surface area contributed by atoms with Gasteiger partial charge in [-0.05, 0) is 24.3 Å². The average molecular weight is 301 g/mol. The van der Waals surface area contributed by atoms with Crippen molar-refractivity contribution in [3.8, 4) is 11.3 Å². The zero-order valence-corrected chi connectivity index (χ0v) is 11.8. The number of hydrogen-bond acceptors (Lipinski definition) is 4. The molecule has 1 atom stereocenters. The lowest BCUT2D eigenvalue weighted by Gasteiger charge is -2.15. The van der Waals surface area contributed by atoms with Gasteiger partial charge < -0.3 is 9.52 Å². The predicted molar refractivity (Wildman–Crippen MR) is 79.7 cm³/mol. The summed E-state index contributed by atoms with van der Waals surface area (Å²) in [5.41, 5.74) is 2.00. The maximum Gasteiger partial charge on any atom is 0.130 e. The molecule has 3 aromatic rings. The fourth-order valence-electron chi connectivity index (χ4n) is 2.18. The molecule has 0 saturated heterocycles. The Hall–Kier alpha value is -2.11. The van der Waals surface area contributed by atoms with Crippen molar-refractivity contribution in [3.05, 3.63) is 72.1 Å². The van der Waals surface area contributed by atoms with Gasteiger partial charge in [0.15, 0.2) is 0 Å². The summed E-state index contributed by atoms with van der Waals surface area (Å²) >= 11 is 4.08. The topological polar surface area (TPSA) is 46.3 Å². The van der Waals surface area contributed by atoms with Crippen molar-refractivity contribution in [2.45, 2.75) is 11.0 Å². The molecule has 0 spiro atoms. The van der Waals surface area contributed by atoms with E-state index in [1.165, 1.54) is 24.7 Å². The first-order valence-corrected chi connectivity index (χ1v) is 6.75. The van der Waals surface area contributed by atoms with Gasteiger partial charge >= 0.3 is 0 Å². The number of aliphatic hydroxyl groups excluding tert-OH is 1. The van der Waals surface area contributed by atoms with Gasteiger partial charge in [-0.3, -0.25) is 4.98 Å². The molecule has 0 aliphatic carbocycles. The first-order valence-electron chi connectivity index (χ1n) is 6.31. The minimum absolute atomic E-state index is 0.186. The van der Waals surface area contributed by atoms with Gasteiger partial charge in [0.25, 0.3) is 0 Å². The number of halogens is 1. The maximum atomic E-state index is 14.0. The van der Waals surface area contributed by atoms with E-state index < -0.39 is 11.9 Å². The highest BCUT2D eigenvalue weighted by Gasteiger charge is 2.20. The number of hydrogen-bond donors (Lipinski definition) is 2. The third kappa shape index (κ3) is 2.70. The number of thiol groups is 1. The summed E-state index contributed by atoms with van der Waals surface area (Å²) in [7, 11) is 0. The van der Waals surface area contributed by atoms with Crippen LogP contribution in [0.4, 0.5) is 4.39 Å². The Kier molecular flexibility index (Phi) is 3.77. The lowest BCUT2D eigenvalue weighted by Crippen LogP contribution is -2.05. The van der Waals surface area contributed by atoms with Crippen molar-refractivity contribution in [3.63, 3.8) is 0 Å². The Morgan fingerprint density at radius 2 is 2.05 bits per heavy atom. The lowest BCUT2D eigenvalue weighted by molar-refractivity contribution is 0.215. The van der Waals surface area contributed by atoms with Crippen LogP contribution in [0, 0.1) is 5.82 Å². The lowest BCUT2D eigenvalue weighted by atomic mass is 9.97. The molecule has 2 heterocycles. The van der Waals surface area contributed by atoms with E-state index in [2.05, 4.69) is 17.6 Å². The minimum Gasteiger partial charge on any atom is -0.472 e. The smallest absolute Gasteiger partial charge is 0.130 e. The molecule has 0 bridgehead atoms. The zero-order valence-electron chi connectivity index (χ0n) is 10.9. The molecule has 0 saturated carbocycles. The Morgan fingerprint density at radius 3 is 2.76 bits per heavy atom. The summed E-state index contributed by atoms with van der Waals surface area (Å²) in [5, 5.41) is 10.5. The highest BCUT2D eigenvalue weighted by molar-refractivity contribution is 7.80. The second-order valence-electron chi connectivity index (χ2n) is 4.56. The van der Waals surface area contributed by atoms with Gasteiger partial charge in [0.05, 0.1) is 18.2 Å². The number of furan rings is 1. The van der Waals surface area contributed by atoms with Gasteiger partial charge in [0, 0.05) is 27.8 Å². The van der Waals surface area contributed by atoms with E-state index in [-0.39, 0.29) is 5.56 Å². The third-order valence-electron chi connectivity index (χ3n) is 3.21. The second kappa shape index (κ2) is 5.71. The van der Waals surface area contributed by atoms with Crippen molar-refractivity contribution in [1.82, 2.24) is 4.98 Å². The van der Waals surface area contributed by atoms with E-state index >= 15 is 0 Å². The highest BCUT2D eigenvalue weighted by atomic mass is 32.1. The highest BCUT2D eigenvalue weighted by Crippen LogP contribution is 2.32. The number of aromatic nitrogens is 1. The monoisotopic (exact) mass is 301 g/mol. The average Bonchev–Trinajstić information content (AvgIpc) is 3.01. The standard InChI is InChI=1S/C16H12FNO2S/c17-14-8-11(21)3-4-12(14)16(19)13-2-1-6-18-15(13)10-5-7-20-9-10/h1-9,16,19,21H. The van der Waals surface area contributed by atoms with Crippen LogP contribution < -0.4 is 0 Å². The molecular weight excluding hydrogens is 289 g/mol. The maximum absolute atomic E-state index is 14.0. The number of pyridine rings is 1. The summed E-state index contributed by atoms with van der Waals surface area (Å²) in [6.07, 6.45) is 3.56. The molecule has 0 aliphatic rings. The summed E-state index contributed by atoms with van der Waals surface area (Å²) < 4.78 is 19.1. The summed E-state index contributed by atoms with van der Waals surface area (Å²) in [5.74, 6) is -0.503. The molecular formula is C16H12FNO2S. The second-order valence-corrected chi connectivity index (χ2v) is 5.08. The van der Waals surface area contributed by atoms with Crippen LogP contribution in [0.15, 0.2) is 64.4 Å². The van der Waals surface area contributed by atoms with Crippen molar-refractivity contribution in [2.75, 3.05) is 0 Å². The summed E-state index contributed by atoms with van der Waals surface area (Å²) in [6, 6.07) is 9.59. The van der Waals surface area contributed by atoms with Gasteiger partial charge in [0.2, 0.25) is 0 Å². The molecule has 1 N–H and O–H groups in total. The Balaban J connectivity index is 2.08. The molecule has 0 amide bonds. The molecule has 1 aromatic carbocycles. The van der Waals surface area contributed by atoms with E-state index in [0.717, 1.165) is 5.56 Å². The normalized spacial score (nSPS) is 12.3. The first-order chi connectivity index (χ1) is 10.2. The first kappa shape index (κ1) is 13.9. The molecule has 3 nitrogen and oxygen atoms in total. The van der Waals surface area contributed by atoms with E-state index in [1.807, 2.05) is 0 Å². The van der Waals surface area contributed by atoms with E-state index in [0.29, 0.717) is 16.2 Å². The fraction of sp³-hybridized carbons (Fsp3) is 0.0625. The molecule has 1 unspecified atom stereocenters.